The number of aromatic amines is 1. The van der Waals surface area contributed by atoms with Gasteiger partial charge in [-0.1, -0.05) is 12.7 Å². The number of H-pyrrole nitrogens is 1. The predicted molar refractivity (Wildman–Crippen MR) is 43.5 cm³/mol. The van der Waals surface area contributed by atoms with Gasteiger partial charge in [-0.2, -0.15) is 5.10 Å². The van der Waals surface area contributed by atoms with E-state index < -0.39 is 5.97 Å². The summed E-state index contributed by atoms with van der Waals surface area (Å²) < 4.78 is 4.72. The second-order valence-corrected chi connectivity index (χ2v) is 2.07. The Labute approximate surface area is 69.2 Å². The molecule has 5 nitrogen and oxygen atoms in total. The lowest BCUT2D eigenvalue weighted by atomic mass is 10.3. The minimum absolute atomic E-state index is 0.143. The van der Waals surface area contributed by atoms with Crippen molar-refractivity contribution in [2.24, 2.45) is 0 Å². The van der Waals surface area contributed by atoms with E-state index in [4.69, 9.17) is 10.5 Å². The van der Waals surface area contributed by atoms with E-state index in [1.54, 1.807) is 0 Å². The van der Waals surface area contributed by atoms with Crippen LogP contribution < -0.4 is 5.73 Å². The number of nitrogens with two attached hydrogens (primary N) is 1. The lowest BCUT2D eigenvalue weighted by Crippen LogP contribution is -2.06. The molecule has 0 fully saturated rings. The number of nitrogen functional groups attached to an aromatic ring is 1. The Hall–Kier alpha value is -1.78. The normalized spacial score (nSPS) is 9.33. The monoisotopic (exact) mass is 167 g/mol. The predicted octanol–water partition coefficient (Wildman–Crippen LogP) is 0.335. The first-order valence-electron chi connectivity index (χ1n) is 3.33. The van der Waals surface area contributed by atoms with E-state index in [-0.39, 0.29) is 18.0 Å². The molecule has 0 radical (unpaired) electrons. The van der Waals surface area contributed by atoms with E-state index in [2.05, 4.69) is 16.8 Å². The third-order valence-corrected chi connectivity index (χ3v) is 1.22. The van der Waals surface area contributed by atoms with Gasteiger partial charge in [0, 0.05) is 6.20 Å². The summed E-state index contributed by atoms with van der Waals surface area (Å²) in [5.74, 6) is -0.356. The zero-order valence-electron chi connectivity index (χ0n) is 6.41. The Bertz CT molecular complexity index is 293. The quantitative estimate of drug-likeness (QED) is 0.502. The molecule has 64 valence electrons. The Balaban J connectivity index is 2.65. The molecule has 0 aromatic carbocycles. The van der Waals surface area contributed by atoms with Gasteiger partial charge in [-0.05, 0) is 0 Å². The number of ether oxygens (including phenoxy) is 1. The van der Waals surface area contributed by atoms with Gasteiger partial charge in [-0.15, -0.1) is 0 Å². The first kappa shape index (κ1) is 8.32. The highest BCUT2D eigenvalue weighted by Gasteiger charge is 2.11. The van der Waals surface area contributed by atoms with Crippen LogP contribution in [0.2, 0.25) is 0 Å². The summed E-state index contributed by atoms with van der Waals surface area (Å²) in [6, 6.07) is 0. The van der Waals surface area contributed by atoms with Crippen LogP contribution in [0.15, 0.2) is 18.9 Å². The number of hydrogen-bond donors (Lipinski definition) is 2. The third kappa shape index (κ3) is 1.63. The van der Waals surface area contributed by atoms with Crippen LogP contribution in [0.1, 0.15) is 10.4 Å². The molecule has 0 unspecified atom stereocenters. The molecule has 3 N–H and O–H groups in total. The SMILES string of the molecule is C=CCOC(=O)c1c[nH]nc1N. The lowest BCUT2D eigenvalue weighted by molar-refractivity contribution is 0.0551. The van der Waals surface area contributed by atoms with E-state index in [0.29, 0.717) is 0 Å². The van der Waals surface area contributed by atoms with Crippen molar-refractivity contribution in [1.29, 1.82) is 0 Å². The fourth-order valence-electron chi connectivity index (χ4n) is 0.676. The topological polar surface area (TPSA) is 81.0 Å². The maximum absolute atomic E-state index is 11.1. The minimum atomic E-state index is -0.499. The van der Waals surface area contributed by atoms with E-state index in [1.165, 1.54) is 12.3 Å². The van der Waals surface area contributed by atoms with Gasteiger partial charge >= 0.3 is 5.97 Å². The van der Waals surface area contributed by atoms with Gasteiger partial charge in [0.2, 0.25) is 0 Å². The number of nitrogens with one attached hydrogen (secondary N) is 1. The maximum atomic E-state index is 11.1. The molecule has 0 aliphatic heterocycles. The molecule has 1 aromatic rings. The Morgan fingerprint density at radius 1 is 1.92 bits per heavy atom. The number of nitrogens with zero attached hydrogens (tertiary/aromatic N) is 1. The number of hydrogen-bond acceptors (Lipinski definition) is 4. The van der Waals surface area contributed by atoms with Gasteiger partial charge in [-0.3, -0.25) is 5.10 Å². The van der Waals surface area contributed by atoms with E-state index >= 15 is 0 Å². The van der Waals surface area contributed by atoms with Gasteiger partial charge < -0.3 is 10.5 Å². The van der Waals surface area contributed by atoms with Crippen LogP contribution in [0.25, 0.3) is 0 Å². The Kier molecular flexibility index (Phi) is 2.47. The average Bonchev–Trinajstić information content (AvgIpc) is 2.47. The second-order valence-electron chi connectivity index (χ2n) is 2.07. The minimum Gasteiger partial charge on any atom is -0.458 e. The molecule has 0 bridgehead atoms. The Morgan fingerprint density at radius 2 is 2.67 bits per heavy atom. The number of esters is 1. The van der Waals surface area contributed by atoms with Crippen molar-refractivity contribution in [3.05, 3.63) is 24.4 Å². The molecule has 0 saturated carbocycles. The van der Waals surface area contributed by atoms with Crippen LogP contribution in [0.3, 0.4) is 0 Å². The van der Waals surface area contributed by atoms with Crippen LogP contribution >= 0.6 is 0 Å². The van der Waals surface area contributed by atoms with Crippen LogP contribution in [0, 0.1) is 0 Å². The molecule has 0 atom stereocenters. The van der Waals surface area contributed by atoms with Crippen LogP contribution in [-0.2, 0) is 4.74 Å². The summed E-state index contributed by atoms with van der Waals surface area (Å²) in [6.07, 6.45) is 2.87. The van der Waals surface area contributed by atoms with E-state index in [9.17, 15) is 4.79 Å². The molecule has 1 aromatic heterocycles. The molecule has 0 spiro atoms. The highest BCUT2D eigenvalue weighted by atomic mass is 16.5. The highest BCUT2D eigenvalue weighted by Crippen LogP contribution is 2.07. The molecule has 0 amide bonds. The molecule has 5 heteroatoms. The summed E-state index contributed by atoms with van der Waals surface area (Å²) >= 11 is 0. The molecule has 12 heavy (non-hydrogen) atoms. The molecular weight excluding hydrogens is 158 g/mol. The molecule has 0 aliphatic rings. The van der Waals surface area contributed by atoms with Crippen molar-refractivity contribution >= 4 is 11.8 Å². The lowest BCUT2D eigenvalue weighted by Gasteiger charge is -1.98. The highest BCUT2D eigenvalue weighted by molar-refractivity contribution is 5.93. The molecular formula is C7H9N3O2. The van der Waals surface area contributed by atoms with Gasteiger partial charge in [0.05, 0.1) is 0 Å². The molecule has 1 rings (SSSR count). The number of carbonyl (C=O) groups excluding carboxylic acids is 1. The fraction of sp³-hybridized carbons (Fsp3) is 0.143. The van der Waals surface area contributed by atoms with Crippen molar-refractivity contribution in [2.75, 3.05) is 12.3 Å². The third-order valence-electron chi connectivity index (χ3n) is 1.22. The largest absolute Gasteiger partial charge is 0.458 e. The fourth-order valence-corrected chi connectivity index (χ4v) is 0.676. The summed E-state index contributed by atoms with van der Waals surface area (Å²) in [7, 11) is 0. The van der Waals surface area contributed by atoms with E-state index in [0.717, 1.165) is 0 Å². The molecule has 0 aliphatic carbocycles. The van der Waals surface area contributed by atoms with Crippen LogP contribution in [0.4, 0.5) is 5.82 Å². The maximum Gasteiger partial charge on any atom is 0.343 e. The van der Waals surface area contributed by atoms with Gasteiger partial charge in [0.15, 0.2) is 5.82 Å². The first-order valence-corrected chi connectivity index (χ1v) is 3.33. The summed E-state index contributed by atoms with van der Waals surface area (Å²) in [4.78, 5) is 11.1. The number of rotatable bonds is 3. The smallest absolute Gasteiger partial charge is 0.343 e. The average molecular weight is 167 g/mol. The van der Waals surface area contributed by atoms with Crippen molar-refractivity contribution in [3.8, 4) is 0 Å². The molecule has 1 heterocycles. The number of anilines is 1. The Morgan fingerprint density at radius 3 is 3.17 bits per heavy atom. The van der Waals surface area contributed by atoms with Crippen molar-refractivity contribution < 1.29 is 9.53 Å². The standard InChI is InChI=1S/C7H9N3O2/c1-2-3-12-7(11)5-4-9-10-6(5)8/h2,4H,1,3H2,(H3,8,9,10). The zero-order chi connectivity index (χ0) is 8.97. The van der Waals surface area contributed by atoms with Crippen molar-refractivity contribution in [3.63, 3.8) is 0 Å². The van der Waals surface area contributed by atoms with Crippen molar-refractivity contribution in [1.82, 2.24) is 10.2 Å². The summed E-state index contributed by atoms with van der Waals surface area (Å²) in [5.41, 5.74) is 5.59. The van der Waals surface area contributed by atoms with Crippen LogP contribution in [-0.4, -0.2) is 22.8 Å². The van der Waals surface area contributed by atoms with E-state index in [1.807, 2.05) is 0 Å². The van der Waals surface area contributed by atoms with Gasteiger partial charge in [0.1, 0.15) is 12.2 Å². The van der Waals surface area contributed by atoms with Gasteiger partial charge in [0.25, 0.3) is 0 Å². The second kappa shape index (κ2) is 3.56. The van der Waals surface area contributed by atoms with Gasteiger partial charge in [-0.25, -0.2) is 4.79 Å². The first-order chi connectivity index (χ1) is 5.75. The zero-order valence-corrected chi connectivity index (χ0v) is 6.41. The van der Waals surface area contributed by atoms with Crippen LogP contribution in [0.5, 0.6) is 0 Å². The summed E-state index contributed by atoms with van der Waals surface area (Å²) in [5, 5.41) is 6.03. The number of carbonyl (C=O) groups is 1. The summed E-state index contributed by atoms with van der Waals surface area (Å²) in [6.45, 7) is 3.57. The number of aromatic nitrogens is 2. The molecule has 0 saturated heterocycles. The van der Waals surface area contributed by atoms with Crippen molar-refractivity contribution in [2.45, 2.75) is 0 Å².